The number of unbranched alkanes of at least 4 members (excludes halogenated alkanes) is 1. The molecule has 22 heavy (non-hydrogen) atoms. The van der Waals surface area contributed by atoms with Crippen molar-refractivity contribution < 1.29 is 13.6 Å². The second-order valence-corrected chi connectivity index (χ2v) is 5.27. The highest BCUT2D eigenvalue weighted by molar-refractivity contribution is 6.33. The molecule has 0 aliphatic heterocycles. The fraction of sp³-hybridized carbons (Fsp3) is 0.333. The molecule has 0 aliphatic carbocycles. The Kier molecular flexibility index (Phi) is 5.13. The molecule has 1 N–H and O–H groups in total. The van der Waals surface area contributed by atoms with Crippen molar-refractivity contribution in [1.82, 2.24) is 9.78 Å². The van der Waals surface area contributed by atoms with E-state index in [4.69, 9.17) is 11.6 Å². The summed E-state index contributed by atoms with van der Waals surface area (Å²) in [6.07, 6.45) is 1.87. The Balaban J connectivity index is 2.22. The lowest BCUT2D eigenvalue weighted by Gasteiger charge is -2.06. The third kappa shape index (κ3) is 3.44. The van der Waals surface area contributed by atoms with Gasteiger partial charge in [0.15, 0.2) is 11.6 Å². The minimum Gasteiger partial charge on any atom is -0.322 e. The van der Waals surface area contributed by atoms with Gasteiger partial charge in [0, 0.05) is 18.3 Å². The van der Waals surface area contributed by atoms with Crippen LogP contribution < -0.4 is 5.32 Å². The molecule has 4 nitrogen and oxygen atoms in total. The molecule has 7 heteroatoms. The van der Waals surface area contributed by atoms with Crippen molar-refractivity contribution in [1.29, 1.82) is 0 Å². The predicted molar refractivity (Wildman–Crippen MR) is 81.2 cm³/mol. The van der Waals surface area contributed by atoms with Gasteiger partial charge in [0.25, 0.3) is 5.91 Å². The first-order chi connectivity index (χ1) is 10.4. The number of hydrogen-bond donors (Lipinski definition) is 1. The van der Waals surface area contributed by atoms with Gasteiger partial charge in [0.05, 0.1) is 11.3 Å². The molecule has 0 aliphatic rings. The molecule has 0 fully saturated rings. The second kappa shape index (κ2) is 6.87. The fourth-order valence-electron chi connectivity index (χ4n) is 2.03. The second-order valence-electron chi connectivity index (χ2n) is 4.91. The predicted octanol–water partition coefficient (Wildman–Crippen LogP) is 4.18. The molecule has 0 radical (unpaired) electrons. The number of rotatable bonds is 5. The molecule has 0 saturated carbocycles. The zero-order valence-corrected chi connectivity index (χ0v) is 13.0. The maximum absolute atomic E-state index is 13.2. The van der Waals surface area contributed by atoms with Gasteiger partial charge in [-0.05, 0) is 25.5 Å². The van der Waals surface area contributed by atoms with Crippen molar-refractivity contribution in [2.45, 2.75) is 33.2 Å². The zero-order valence-electron chi connectivity index (χ0n) is 12.3. The van der Waals surface area contributed by atoms with E-state index in [0.717, 1.165) is 25.0 Å². The zero-order chi connectivity index (χ0) is 16.3. The summed E-state index contributed by atoms with van der Waals surface area (Å²) in [5.74, 6) is -2.50. The number of hydrogen-bond acceptors (Lipinski definition) is 2. The molecule has 1 amide bonds. The minimum atomic E-state index is -1.03. The summed E-state index contributed by atoms with van der Waals surface area (Å²) in [5.41, 5.74) is 0.879. The molecule has 0 atom stereocenters. The van der Waals surface area contributed by atoms with Gasteiger partial charge in [-0.1, -0.05) is 24.9 Å². The highest BCUT2D eigenvalue weighted by Gasteiger charge is 2.20. The average Bonchev–Trinajstić information content (AvgIpc) is 2.75. The van der Waals surface area contributed by atoms with E-state index in [2.05, 4.69) is 10.4 Å². The fourth-order valence-corrected chi connectivity index (χ4v) is 2.38. The van der Waals surface area contributed by atoms with Crippen LogP contribution in [0.25, 0.3) is 0 Å². The SMILES string of the molecule is CCCCn1nc(C)c(C(=O)Nc2ccc(F)c(F)c2)c1Cl. The number of aromatic nitrogens is 2. The first-order valence-electron chi connectivity index (χ1n) is 6.93. The summed E-state index contributed by atoms with van der Waals surface area (Å²) >= 11 is 6.19. The van der Waals surface area contributed by atoms with E-state index in [1.54, 1.807) is 11.6 Å². The Morgan fingerprint density at radius 2 is 2.09 bits per heavy atom. The van der Waals surface area contributed by atoms with Crippen LogP contribution in [0.5, 0.6) is 0 Å². The standard InChI is InChI=1S/C15H16ClF2N3O/c1-3-4-7-21-14(16)13(9(2)20-21)15(22)19-10-5-6-11(17)12(18)8-10/h5-6,8H,3-4,7H2,1-2H3,(H,19,22). The van der Waals surface area contributed by atoms with E-state index in [0.29, 0.717) is 12.2 Å². The molecular weight excluding hydrogens is 312 g/mol. The number of carbonyl (C=O) groups excluding carboxylic acids is 1. The van der Waals surface area contributed by atoms with Crippen molar-refractivity contribution in [3.63, 3.8) is 0 Å². The van der Waals surface area contributed by atoms with Gasteiger partial charge >= 0.3 is 0 Å². The molecule has 1 aromatic carbocycles. The van der Waals surface area contributed by atoms with Gasteiger partial charge < -0.3 is 5.32 Å². The number of nitrogens with one attached hydrogen (secondary N) is 1. The first-order valence-corrected chi connectivity index (χ1v) is 7.31. The van der Waals surface area contributed by atoms with Crippen LogP contribution in [0.15, 0.2) is 18.2 Å². The van der Waals surface area contributed by atoms with Crippen LogP contribution in [0.2, 0.25) is 5.15 Å². The van der Waals surface area contributed by atoms with Gasteiger partial charge in [-0.25, -0.2) is 8.78 Å². The molecule has 118 valence electrons. The Morgan fingerprint density at radius 1 is 1.36 bits per heavy atom. The van der Waals surface area contributed by atoms with E-state index >= 15 is 0 Å². The summed E-state index contributed by atoms with van der Waals surface area (Å²) in [5, 5.41) is 6.97. The third-order valence-electron chi connectivity index (χ3n) is 3.19. The Bertz CT molecular complexity index is 700. The molecule has 0 unspecified atom stereocenters. The lowest BCUT2D eigenvalue weighted by atomic mass is 10.2. The molecule has 0 saturated heterocycles. The summed E-state index contributed by atoms with van der Waals surface area (Å²) in [6, 6.07) is 3.14. The Labute approximate surface area is 132 Å². The Morgan fingerprint density at radius 3 is 2.73 bits per heavy atom. The van der Waals surface area contributed by atoms with E-state index in [1.807, 2.05) is 6.92 Å². The van der Waals surface area contributed by atoms with E-state index in [-0.39, 0.29) is 16.4 Å². The quantitative estimate of drug-likeness (QED) is 0.895. The molecule has 1 aromatic heterocycles. The molecule has 2 rings (SSSR count). The van der Waals surface area contributed by atoms with E-state index in [9.17, 15) is 13.6 Å². The van der Waals surface area contributed by atoms with Crippen molar-refractivity contribution in [2.75, 3.05) is 5.32 Å². The number of anilines is 1. The highest BCUT2D eigenvalue weighted by Crippen LogP contribution is 2.22. The van der Waals surface area contributed by atoms with Crippen molar-refractivity contribution in [2.24, 2.45) is 0 Å². The number of halogens is 3. The van der Waals surface area contributed by atoms with Crippen LogP contribution in [0.1, 0.15) is 35.8 Å². The summed E-state index contributed by atoms with van der Waals surface area (Å²) < 4.78 is 27.6. The topological polar surface area (TPSA) is 46.9 Å². The maximum atomic E-state index is 13.2. The molecule has 2 aromatic rings. The van der Waals surface area contributed by atoms with Crippen LogP contribution in [0.3, 0.4) is 0 Å². The largest absolute Gasteiger partial charge is 0.322 e. The summed E-state index contributed by atoms with van der Waals surface area (Å²) in [6.45, 7) is 4.34. The van der Waals surface area contributed by atoms with Gasteiger partial charge in [-0.15, -0.1) is 0 Å². The summed E-state index contributed by atoms with van der Waals surface area (Å²) in [7, 11) is 0. The number of aryl methyl sites for hydroxylation is 2. The molecule has 0 bridgehead atoms. The van der Waals surface area contributed by atoms with E-state index in [1.165, 1.54) is 6.07 Å². The number of benzene rings is 1. The van der Waals surface area contributed by atoms with Crippen molar-refractivity contribution >= 4 is 23.2 Å². The van der Waals surface area contributed by atoms with Gasteiger partial charge in [0.1, 0.15) is 5.15 Å². The normalized spacial score (nSPS) is 10.8. The number of amides is 1. The summed E-state index contributed by atoms with van der Waals surface area (Å²) in [4.78, 5) is 12.3. The molecular formula is C15H16ClF2N3O. The van der Waals surface area contributed by atoms with Gasteiger partial charge in [-0.2, -0.15) is 5.10 Å². The van der Waals surface area contributed by atoms with E-state index < -0.39 is 17.5 Å². The van der Waals surface area contributed by atoms with Crippen LogP contribution in [-0.2, 0) is 6.54 Å². The minimum absolute atomic E-state index is 0.153. The average molecular weight is 328 g/mol. The van der Waals surface area contributed by atoms with Crippen LogP contribution in [0, 0.1) is 18.6 Å². The van der Waals surface area contributed by atoms with Crippen molar-refractivity contribution in [3.8, 4) is 0 Å². The first kappa shape index (κ1) is 16.4. The van der Waals surface area contributed by atoms with Gasteiger partial charge in [-0.3, -0.25) is 9.48 Å². The van der Waals surface area contributed by atoms with Crippen LogP contribution in [-0.4, -0.2) is 15.7 Å². The highest BCUT2D eigenvalue weighted by atomic mass is 35.5. The molecule has 1 heterocycles. The number of carbonyl (C=O) groups is 1. The monoisotopic (exact) mass is 327 g/mol. The number of nitrogens with zero attached hydrogens (tertiary/aromatic N) is 2. The van der Waals surface area contributed by atoms with Crippen LogP contribution >= 0.6 is 11.6 Å². The lowest BCUT2D eigenvalue weighted by molar-refractivity contribution is 0.102. The Hall–Kier alpha value is -1.95. The smallest absolute Gasteiger partial charge is 0.260 e. The lowest BCUT2D eigenvalue weighted by Crippen LogP contribution is -2.13. The van der Waals surface area contributed by atoms with Crippen molar-refractivity contribution in [3.05, 3.63) is 46.2 Å². The van der Waals surface area contributed by atoms with Gasteiger partial charge in [0.2, 0.25) is 0 Å². The molecule has 0 spiro atoms. The third-order valence-corrected chi connectivity index (χ3v) is 3.58. The van der Waals surface area contributed by atoms with Crippen LogP contribution in [0.4, 0.5) is 14.5 Å². The maximum Gasteiger partial charge on any atom is 0.260 e.